The summed E-state index contributed by atoms with van der Waals surface area (Å²) in [5.41, 5.74) is 1.26. The number of sulfonamides is 1. The highest BCUT2D eigenvalue weighted by Crippen LogP contribution is 2.43. The average Bonchev–Trinajstić information content (AvgIpc) is 3.07. The zero-order valence-corrected chi connectivity index (χ0v) is 19.7. The third-order valence-corrected chi connectivity index (χ3v) is 7.83. The Labute approximate surface area is 195 Å². The topological polar surface area (TPSA) is 76.4 Å². The van der Waals surface area contributed by atoms with Gasteiger partial charge in [0.2, 0.25) is 0 Å². The molecule has 164 valence electrons. The number of carbonyl (C=O) groups excluding carboxylic acids is 1. The van der Waals surface area contributed by atoms with E-state index in [0.717, 1.165) is 5.39 Å². The molecule has 4 aromatic rings. The number of furan rings is 1. The highest BCUT2D eigenvalue weighted by molar-refractivity contribution is 7.92. The number of hydrogen-bond donors (Lipinski definition) is 1. The molecule has 32 heavy (non-hydrogen) atoms. The van der Waals surface area contributed by atoms with Gasteiger partial charge in [0.05, 0.1) is 16.3 Å². The molecule has 0 unspecified atom stereocenters. The van der Waals surface area contributed by atoms with Crippen molar-refractivity contribution in [1.82, 2.24) is 0 Å². The van der Waals surface area contributed by atoms with E-state index in [0.29, 0.717) is 46.2 Å². The highest BCUT2D eigenvalue weighted by atomic mass is 35.5. The number of benzene rings is 3. The minimum absolute atomic E-state index is 0.00280. The molecule has 1 aliphatic carbocycles. The molecule has 8 heteroatoms. The summed E-state index contributed by atoms with van der Waals surface area (Å²) in [6.07, 6.45) is 1.04. The second-order valence-electron chi connectivity index (χ2n) is 8.87. The number of ketones is 1. The van der Waals surface area contributed by atoms with Crippen molar-refractivity contribution in [1.29, 1.82) is 0 Å². The Kier molecular flexibility index (Phi) is 4.82. The van der Waals surface area contributed by atoms with E-state index < -0.39 is 10.0 Å². The molecule has 0 aliphatic heterocycles. The molecule has 5 rings (SSSR count). The molecule has 3 aromatic carbocycles. The van der Waals surface area contributed by atoms with Crippen molar-refractivity contribution >= 4 is 66.4 Å². The van der Waals surface area contributed by atoms with Gasteiger partial charge in [-0.3, -0.25) is 9.52 Å². The van der Waals surface area contributed by atoms with Crippen LogP contribution in [0.1, 0.15) is 36.4 Å². The fraction of sp³-hybridized carbons (Fsp3) is 0.208. The van der Waals surface area contributed by atoms with Crippen molar-refractivity contribution in [2.24, 2.45) is 5.41 Å². The molecule has 0 fully saturated rings. The lowest BCUT2D eigenvalue weighted by Gasteiger charge is -2.27. The fourth-order valence-electron chi connectivity index (χ4n) is 4.39. The highest BCUT2D eigenvalue weighted by Gasteiger charge is 2.36. The summed E-state index contributed by atoms with van der Waals surface area (Å²) in [5, 5.41) is 2.30. The van der Waals surface area contributed by atoms with E-state index in [1.165, 1.54) is 18.2 Å². The molecule has 0 spiro atoms. The first-order chi connectivity index (χ1) is 15.1. The van der Waals surface area contributed by atoms with Crippen molar-refractivity contribution in [2.75, 3.05) is 4.72 Å². The molecule has 1 N–H and O–H groups in total. The van der Waals surface area contributed by atoms with Gasteiger partial charge < -0.3 is 4.42 Å². The minimum atomic E-state index is -4.04. The van der Waals surface area contributed by atoms with Crippen LogP contribution in [0.15, 0.2) is 57.8 Å². The van der Waals surface area contributed by atoms with Crippen LogP contribution in [-0.2, 0) is 16.4 Å². The van der Waals surface area contributed by atoms with Crippen LogP contribution in [0, 0.1) is 5.41 Å². The predicted octanol–water partition coefficient (Wildman–Crippen LogP) is 6.85. The Hall–Kier alpha value is -2.54. The predicted molar refractivity (Wildman–Crippen MR) is 127 cm³/mol. The van der Waals surface area contributed by atoms with Gasteiger partial charge in [-0.2, -0.15) is 0 Å². The maximum Gasteiger partial charge on any atom is 0.263 e. The number of fused-ring (bicyclic) bond motifs is 5. The molecule has 1 aliphatic rings. The normalized spacial score (nSPS) is 15.8. The molecule has 0 atom stereocenters. The first-order valence-electron chi connectivity index (χ1n) is 10.0. The van der Waals surface area contributed by atoms with Gasteiger partial charge in [-0.1, -0.05) is 61.3 Å². The zero-order valence-electron chi connectivity index (χ0n) is 17.3. The molecule has 0 saturated heterocycles. The number of carbonyl (C=O) groups is 1. The Morgan fingerprint density at radius 2 is 1.69 bits per heavy atom. The van der Waals surface area contributed by atoms with Gasteiger partial charge in [-0.05, 0) is 29.7 Å². The van der Waals surface area contributed by atoms with Crippen molar-refractivity contribution in [2.45, 2.75) is 31.6 Å². The quantitative estimate of drug-likeness (QED) is 0.342. The Morgan fingerprint density at radius 3 is 2.44 bits per heavy atom. The molecular weight excluding hydrogens is 469 g/mol. The van der Waals surface area contributed by atoms with Crippen LogP contribution in [0.2, 0.25) is 10.0 Å². The molecule has 1 heterocycles. The summed E-state index contributed by atoms with van der Waals surface area (Å²) in [6, 6.07) is 13.3. The molecular formula is C24H19Cl2NO4S. The van der Waals surface area contributed by atoms with E-state index in [1.807, 2.05) is 32.0 Å². The molecule has 5 nitrogen and oxygen atoms in total. The first-order valence-corrected chi connectivity index (χ1v) is 12.3. The number of Topliss-reactive ketones (excluding diaryl/α,β-unsaturated/α-hetero) is 1. The summed E-state index contributed by atoms with van der Waals surface area (Å²) in [6.45, 7) is 4.07. The maximum atomic E-state index is 13.2. The lowest BCUT2D eigenvalue weighted by Crippen LogP contribution is -2.25. The van der Waals surface area contributed by atoms with Crippen molar-refractivity contribution in [3.8, 4) is 0 Å². The summed E-state index contributed by atoms with van der Waals surface area (Å²) in [4.78, 5) is 12.9. The molecule has 0 amide bonds. The fourth-order valence-corrected chi connectivity index (χ4v) is 6.22. The van der Waals surface area contributed by atoms with Gasteiger partial charge in [0.25, 0.3) is 10.0 Å². The van der Waals surface area contributed by atoms with Crippen LogP contribution in [0.5, 0.6) is 0 Å². The lowest BCUT2D eigenvalue weighted by atomic mass is 9.76. The summed E-state index contributed by atoms with van der Waals surface area (Å²) < 4.78 is 35.2. The monoisotopic (exact) mass is 487 g/mol. The number of anilines is 1. The lowest BCUT2D eigenvalue weighted by molar-refractivity contribution is 0.0906. The SMILES string of the molecule is CC1(C)CC(=O)c2c(oc3c2cc(NS(=O)(=O)c2cc(Cl)ccc2Cl)c2ccccc23)C1. The van der Waals surface area contributed by atoms with Crippen LogP contribution in [0.4, 0.5) is 5.69 Å². The van der Waals surface area contributed by atoms with Crippen LogP contribution in [0.3, 0.4) is 0 Å². The van der Waals surface area contributed by atoms with E-state index in [-0.39, 0.29) is 26.1 Å². The van der Waals surface area contributed by atoms with E-state index >= 15 is 0 Å². The maximum absolute atomic E-state index is 13.2. The number of hydrogen-bond acceptors (Lipinski definition) is 4. The number of nitrogens with one attached hydrogen (secondary N) is 1. The third kappa shape index (κ3) is 3.47. The van der Waals surface area contributed by atoms with E-state index in [1.54, 1.807) is 12.1 Å². The molecule has 0 radical (unpaired) electrons. The Morgan fingerprint density at radius 1 is 0.969 bits per heavy atom. The van der Waals surface area contributed by atoms with E-state index in [2.05, 4.69) is 4.72 Å². The van der Waals surface area contributed by atoms with Gasteiger partial charge in [0, 0.05) is 34.0 Å². The van der Waals surface area contributed by atoms with E-state index in [9.17, 15) is 13.2 Å². The molecule has 0 saturated carbocycles. The van der Waals surface area contributed by atoms with Crippen molar-refractivity contribution in [3.05, 3.63) is 69.9 Å². The average molecular weight is 488 g/mol. The first kappa shape index (κ1) is 21.3. The number of rotatable bonds is 3. The van der Waals surface area contributed by atoms with Gasteiger partial charge in [-0.25, -0.2) is 8.42 Å². The third-order valence-electron chi connectivity index (χ3n) is 5.75. The van der Waals surface area contributed by atoms with Crippen LogP contribution >= 0.6 is 23.2 Å². The summed E-state index contributed by atoms with van der Waals surface area (Å²) in [5.74, 6) is 0.640. The number of halogens is 2. The Bertz CT molecular complexity index is 1540. The van der Waals surface area contributed by atoms with Crippen LogP contribution in [0.25, 0.3) is 21.7 Å². The van der Waals surface area contributed by atoms with Gasteiger partial charge in [0.15, 0.2) is 5.78 Å². The Balaban J connectivity index is 1.74. The second-order valence-corrected chi connectivity index (χ2v) is 11.4. The van der Waals surface area contributed by atoms with Gasteiger partial charge in [-0.15, -0.1) is 0 Å². The standard InChI is InChI=1S/C24H19Cl2NO4S/c1-24(2)11-19(28)22-16-10-18(27-32(29,30)21-9-13(25)7-8-17(21)26)14-5-3-4-6-15(14)23(16)31-20(22)12-24/h3-10,27H,11-12H2,1-2H3. The smallest absolute Gasteiger partial charge is 0.263 e. The largest absolute Gasteiger partial charge is 0.460 e. The van der Waals surface area contributed by atoms with E-state index in [4.69, 9.17) is 27.6 Å². The van der Waals surface area contributed by atoms with Gasteiger partial charge in [0.1, 0.15) is 16.2 Å². The van der Waals surface area contributed by atoms with Crippen molar-refractivity contribution < 1.29 is 17.6 Å². The van der Waals surface area contributed by atoms with Crippen LogP contribution in [-0.4, -0.2) is 14.2 Å². The zero-order chi connectivity index (χ0) is 22.8. The molecule has 0 bridgehead atoms. The van der Waals surface area contributed by atoms with Gasteiger partial charge >= 0.3 is 0 Å². The minimum Gasteiger partial charge on any atom is -0.460 e. The summed E-state index contributed by atoms with van der Waals surface area (Å²) in [7, 11) is -4.04. The molecule has 1 aromatic heterocycles. The van der Waals surface area contributed by atoms with Crippen molar-refractivity contribution in [3.63, 3.8) is 0 Å². The van der Waals surface area contributed by atoms with Crippen LogP contribution < -0.4 is 4.72 Å². The second kappa shape index (κ2) is 7.24. The summed E-state index contributed by atoms with van der Waals surface area (Å²) >= 11 is 12.1.